The maximum Gasteiger partial charge on any atom is 0.176 e. The maximum atomic E-state index is 5.25. The summed E-state index contributed by atoms with van der Waals surface area (Å²) in [4.78, 5) is 0. The van der Waals surface area contributed by atoms with Crippen molar-refractivity contribution in [1.29, 1.82) is 0 Å². The summed E-state index contributed by atoms with van der Waals surface area (Å²) in [6, 6.07) is 2.85. The van der Waals surface area contributed by atoms with E-state index in [1.165, 1.54) is 24.9 Å². The van der Waals surface area contributed by atoms with Crippen LogP contribution < -0.4 is 0 Å². The van der Waals surface area contributed by atoms with E-state index in [0.717, 1.165) is 0 Å². The molecule has 42 valence electrons. The molecule has 0 aliphatic carbocycles. The average Bonchev–Trinajstić information content (AvgIpc) is 2.14. The third kappa shape index (κ3) is 1.28. The molecule has 0 bridgehead atoms. The fraction of sp³-hybridized carbons (Fsp3) is 1.00. The standard InChI is InChI=1S/C5H12OSi/c1-6-7-4-2-3-5-7/h7H,2-5H2,1H3. The van der Waals surface area contributed by atoms with Crippen LogP contribution in [0, 0.1) is 0 Å². The van der Waals surface area contributed by atoms with Gasteiger partial charge in [-0.1, -0.05) is 12.8 Å². The second-order valence-electron chi connectivity index (χ2n) is 2.14. The van der Waals surface area contributed by atoms with E-state index >= 15 is 0 Å². The Morgan fingerprint density at radius 1 is 1.29 bits per heavy atom. The molecule has 1 fully saturated rings. The maximum absolute atomic E-state index is 5.25. The second kappa shape index (κ2) is 2.48. The highest BCUT2D eigenvalue weighted by molar-refractivity contribution is 6.52. The van der Waals surface area contributed by atoms with Crippen molar-refractivity contribution in [2.75, 3.05) is 7.11 Å². The van der Waals surface area contributed by atoms with Gasteiger partial charge in [-0.25, -0.2) is 0 Å². The van der Waals surface area contributed by atoms with E-state index in [0.29, 0.717) is 0 Å². The van der Waals surface area contributed by atoms with Crippen molar-refractivity contribution in [1.82, 2.24) is 0 Å². The van der Waals surface area contributed by atoms with E-state index < -0.39 is 9.04 Å². The van der Waals surface area contributed by atoms with Crippen molar-refractivity contribution < 1.29 is 4.43 Å². The van der Waals surface area contributed by atoms with Crippen molar-refractivity contribution in [3.05, 3.63) is 0 Å². The van der Waals surface area contributed by atoms with Crippen LogP contribution in [-0.4, -0.2) is 16.2 Å². The highest BCUT2D eigenvalue weighted by Gasteiger charge is 2.15. The Labute approximate surface area is 46.4 Å². The molecule has 0 N–H and O–H groups in total. The molecule has 0 radical (unpaired) electrons. The van der Waals surface area contributed by atoms with Gasteiger partial charge in [0.1, 0.15) is 0 Å². The molecule has 2 heteroatoms. The Hall–Kier alpha value is 0.177. The Bertz CT molecular complexity index is 50.0. The quantitative estimate of drug-likeness (QED) is 0.467. The lowest BCUT2D eigenvalue weighted by Crippen LogP contribution is -2.07. The van der Waals surface area contributed by atoms with E-state index in [2.05, 4.69) is 0 Å². The van der Waals surface area contributed by atoms with Crippen LogP contribution in [0.15, 0.2) is 0 Å². The zero-order chi connectivity index (χ0) is 5.11. The number of rotatable bonds is 1. The lowest BCUT2D eigenvalue weighted by Gasteiger charge is -1.99. The Morgan fingerprint density at radius 2 is 1.86 bits per heavy atom. The monoisotopic (exact) mass is 116 g/mol. The van der Waals surface area contributed by atoms with E-state index in [1.807, 2.05) is 7.11 Å². The third-order valence-electron chi connectivity index (χ3n) is 1.64. The van der Waals surface area contributed by atoms with Crippen LogP contribution in [-0.2, 0) is 4.43 Å². The minimum absolute atomic E-state index is 0.560. The predicted octanol–water partition coefficient (Wildman–Crippen LogP) is 1.15. The lowest BCUT2D eigenvalue weighted by molar-refractivity contribution is 0.424. The molecule has 0 unspecified atom stereocenters. The first-order chi connectivity index (χ1) is 3.43. The second-order valence-corrected chi connectivity index (χ2v) is 5.01. The summed E-state index contributed by atoms with van der Waals surface area (Å²) < 4.78 is 5.25. The van der Waals surface area contributed by atoms with Gasteiger partial charge < -0.3 is 4.43 Å². The van der Waals surface area contributed by atoms with E-state index in [9.17, 15) is 0 Å². The predicted molar refractivity (Wildman–Crippen MR) is 33.0 cm³/mol. The normalized spacial score (nSPS) is 23.6. The molecule has 1 saturated heterocycles. The van der Waals surface area contributed by atoms with E-state index in [4.69, 9.17) is 4.43 Å². The van der Waals surface area contributed by atoms with Crippen LogP contribution in [0.2, 0.25) is 12.1 Å². The highest BCUT2D eigenvalue weighted by atomic mass is 28.3. The molecule has 1 nitrogen and oxygen atoms in total. The van der Waals surface area contributed by atoms with Crippen LogP contribution in [0.5, 0.6) is 0 Å². The molecule has 1 heterocycles. The molecule has 0 saturated carbocycles. The molecule has 0 atom stereocenters. The molecule has 0 spiro atoms. The van der Waals surface area contributed by atoms with Gasteiger partial charge in [-0.3, -0.25) is 0 Å². The number of hydrogen-bond donors (Lipinski definition) is 0. The van der Waals surface area contributed by atoms with Gasteiger partial charge in [-0.2, -0.15) is 0 Å². The molecule has 0 amide bonds. The smallest absolute Gasteiger partial charge is 0.176 e. The van der Waals surface area contributed by atoms with Crippen molar-refractivity contribution in [2.45, 2.75) is 24.9 Å². The number of hydrogen-bond acceptors (Lipinski definition) is 1. The average molecular weight is 116 g/mol. The molecule has 1 rings (SSSR count). The Morgan fingerprint density at radius 3 is 2.14 bits per heavy atom. The minimum Gasteiger partial charge on any atom is -0.423 e. The van der Waals surface area contributed by atoms with Crippen LogP contribution in [0.3, 0.4) is 0 Å². The van der Waals surface area contributed by atoms with Gasteiger partial charge in [0, 0.05) is 7.11 Å². The summed E-state index contributed by atoms with van der Waals surface area (Å²) in [5, 5.41) is 0. The fourth-order valence-electron chi connectivity index (χ4n) is 1.12. The third-order valence-corrected chi connectivity index (χ3v) is 4.41. The van der Waals surface area contributed by atoms with Gasteiger partial charge in [-0.15, -0.1) is 0 Å². The summed E-state index contributed by atoms with van der Waals surface area (Å²) in [6.07, 6.45) is 2.87. The molecular formula is C5H12OSi. The van der Waals surface area contributed by atoms with Crippen LogP contribution in [0.4, 0.5) is 0 Å². The van der Waals surface area contributed by atoms with Gasteiger partial charge in [0.25, 0.3) is 0 Å². The first-order valence-electron chi connectivity index (χ1n) is 2.96. The summed E-state index contributed by atoms with van der Waals surface area (Å²) in [6.45, 7) is 0. The van der Waals surface area contributed by atoms with Crippen molar-refractivity contribution in [2.24, 2.45) is 0 Å². The largest absolute Gasteiger partial charge is 0.423 e. The first kappa shape index (κ1) is 5.32. The zero-order valence-corrected chi connectivity index (χ0v) is 5.97. The minimum atomic E-state index is -0.560. The molecule has 0 aromatic heterocycles. The summed E-state index contributed by atoms with van der Waals surface area (Å²) >= 11 is 0. The summed E-state index contributed by atoms with van der Waals surface area (Å²) in [5.74, 6) is 0. The molecule has 1 aliphatic rings. The van der Waals surface area contributed by atoms with Crippen molar-refractivity contribution in [3.8, 4) is 0 Å². The fourth-order valence-corrected chi connectivity index (χ4v) is 3.37. The first-order valence-corrected chi connectivity index (χ1v) is 5.06. The lowest BCUT2D eigenvalue weighted by atomic mass is 10.4. The van der Waals surface area contributed by atoms with Gasteiger partial charge in [0.15, 0.2) is 9.04 Å². The zero-order valence-electron chi connectivity index (χ0n) is 4.81. The van der Waals surface area contributed by atoms with Gasteiger partial charge in [-0.05, 0) is 12.1 Å². The molecule has 0 aromatic rings. The Balaban J connectivity index is 2.14. The molecule has 0 aromatic carbocycles. The van der Waals surface area contributed by atoms with E-state index in [-0.39, 0.29) is 0 Å². The molecule has 1 aliphatic heterocycles. The highest BCUT2D eigenvalue weighted by Crippen LogP contribution is 2.18. The van der Waals surface area contributed by atoms with E-state index in [1.54, 1.807) is 0 Å². The molecule has 7 heavy (non-hydrogen) atoms. The summed E-state index contributed by atoms with van der Waals surface area (Å²) in [7, 11) is 1.30. The van der Waals surface area contributed by atoms with Crippen LogP contribution >= 0.6 is 0 Å². The SMILES string of the molecule is CO[SiH]1CCCC1. The van der Waals surface area contributed by atoms with Crippen molar-refractivity contribution in [3.63, 3.8) is 0 Å². The van der Waals surface area contributed by atoms with Crippen molar-refractivity contribution >= 4 is 9.04 Å². The van der Waals surface area contributed by atoms with Crippen LogP contribution in [0.25, 0.3) is 0 Å². The van der Waals surface area contributed by atoms with Gasteiger partial charge in [0.2, 0.25) is 0 Å². The topological polar surface area (TPSA) is 9.23 Å². The summed E-state index contributed by atoms with van der Waals surface area (Å²) in [5.41, 5.74) is 0. The Kier molecular flexibility index (Phi) is 1.88. The van der Waals surface area contributed by atoms with Gasteiger partial charge >= 0.3 is 0 Å². The van der Waals surface area contributed by atoms with Crippen LogP contribution in [0.1, 0.15) is 12.8 Å². The van der Waals surface area contributed by atoms with Gasteiger partial charge in [0.05, 0.1) is 0 Å². The molecular weight excluding hydrogens is 104 g/mol.